The highest BCUT2D eigenvalue weighted by Gasteiger charge is 2.33. The Kier molecular flexibility index (Phi) is 1.88. The molecule has 1 heterocycles. The van der Waals surface area contributed by atoms with Gasteiger partial charge in [0.1, 0.15) is 12.2 Å². The van der Waals surface area contributed by atoms with E-state index in [4.69, 9.17) is 5.11 Å². The van der Waals surface area contributed by atoms with Crippen molar-refractivity contribution in [2.75, 3.05) is 0 Å². The molecule has 13 heavy (non-hydrogen) atoms. The molecule has 6 nitrogen and oxygen atoms in total. The summed E-state index contributed by atoms with van der Waals surface area (Å²) in [6, 6.07) is 0.0765. The first-order valence-electron chi connectivity index (χ1n) is 4.11. The van der Waals surface area contributed by atoms with Gasteiger partial charge >= 0.3 is 6.09 Å². The number of rotatable bonds is 2. The number of hydrogen-bond donors (Lipinski definition) is 3. The summed E-state index contributed by atoms with van der Waals surface area (Å²) in [5, 5.41) is 18.4. The number of carboxylic acid groups (broad SMARTS) is 1. The molecule has 0 radical (unpaired) electrons. The minimum atomic E-state index is -0.957. The van der Waals surface area contributed by atoms with E-state index in [9.17, 15) is 4.79 Å². The molecule has 1 saturated carbocycles. The van der Waals surface area contributed by atoms with Crippen molar-refractivity contribution in [1.29, 1.82) is 0 Å². The number of aromatic nitrogens is 3. The summed E-state index contributed by atoms with van der Waals surface area (Å²) in [7, 11) is 0. The van der Waals surface area contributed by atoms with Gasteiger partial charge in [0.05, 0.1) is 0 Å². The lowest BCUT2D eigenvalue weighted by Gasteiger charge is -2.33. The van der Waals surface area contributed by atoms with Crippen LogP contribution in [0.5, 0.6) is 0 Å². The second-order valence-electron chi connectivity index (χ2n) is 3.19. The minimum Gasteiger partial charge on any atom is -0.465 e. The molecular weight excluding hydrogens is 172 g/mol. The molecule has 2 rings (SSSR count). The molecule has 1 aromatic heterocycles. The number of hydrogen-bond acceptors (Lipinski definition) is 3. The molecule has 1 amide bonds. The number of nitrogens with zero attached hydrogens (tertiary/aromatic N) is 2. The summed E-state index contributed by atoms with van der Waals surface area (Å²) < 4.78 is 0. The molecule has 1 fully saturated rings. The number of H-pyrrole nitrogens is 1. The first-order valence-corrected chi connectivity index (χ1v) is 4.11. The second-order valence-corrected chi connectivity index (χ2v) is 3.19. The van der Waals surface area contributed by atoms with Crippen molar-refractivity contribution in [2.24, 2.45) is 0 Å². The van der Waals surface area contributed by atoms with Crippen molar-refractivity contribution >= 4 is 6.09 Å². The van der Waals surface area contributed by atoms with Crippen molar-refractivity contribution in [3.63, 3.8) is 0 Å². The molecule has 0 spiro atoms. The minimum absolute atomic E-state index is 0.0765. The Hall–Kier alpha value is -1.59. The zero-order valence-corrected chi connectivity index (χ0v) is 6.90. The fraction of sp³-hybridized carbons (Fsp3) is 0.571. The monoisotopic (exact) mass is 182 g/mol. The van der Waals surface area contributed by atoms with Gasteiger partial charge in [0.25, 0.3) is 0 Å². The zero-order chi connectivity index (χ0) is 9.26. The van der Waals surface area contributed by atoms with E-state index in [2.05, 4.69) is 20.5 Å². The van der Waals surface area contributed by atoms with E-state index in [-0.39, 0.29) is 6.04 Å². The Morgan fingerprint density at radius 1 is 1.69 bits per heavy atom. The summed E-state index contributed by atoms with van der Waals surface area (Å²) in [6.07, 6.45) is 2.19. The van der Waals surface area contributed by atoms with Gasteiger partial charge in [-0.05, 0) is 12.8 Å². The van der Waals surface area contributed by atoms with Crippen molar-refractivity contribution in [3.8, 4) is 0 Å². The smallest absolute Gasteiger partial charge is 0.404 e. The van der Waals surface area contributed by atoms with Crippen LogP contribution in [-0.4, -0.2) is 32.4 Å². The van der Waals surface area contributed by atoms with Gasteiger partial charge in [0.2, 0.25) is 0 Å². The molecule has 3 N–H and O–H groups in total. The van der Waals surface area contributed by atoms with E-state index < -0.39 is 6.09 Å². The highest BCUT2D eigenvalue weighted by Crippen LogP contribution is 2.34. The topological polar surface area (TPSA) is 90.9 Å². The number of amides is 1. The van der Waals surface area contributed by atoms with Crippen molar-refractivity contribution < 1.29 is 9.90 Å². The standard InChI is InChI=1S/C7H10N4O2/c12-7(13)10-5-1-4(2-5)6-8-3-9-11-6/h3-5,10H,1-2H2,(H,12,13)(H,8,9,11). The molecule has 0 aliphatic heterocycles. The van der Waals surface area contributed by atoms with E-state index in [0.29, 0.717) is 5.92 Å². The number of aromatic amines is 1. The number of nitrogens with one attached hydrogen (secondary N) is 2. The predicted octanol–water partition coefficient (Wildman–Crippen LogP) is 0.318. The highest BCUT2D eigenvalue weighted by atomic mass is 16.4. The van der Waals surface area contributed by atoms with Gasteiger partial charge in [-0.1, -0.05) is 0 Å². The summed E-state index contributed by atoms with van der Waals surface area (Å²) in [5.74, 6) is 1.18. The first-order chi connectivity index (χ1) is 6.25. The van der Waals surface area contributed by atoms with Gasteiger partial charge in [0.15, 0.2) is 0 Å². The van der Waals surface area contributed by atoms with E-state index in [1.54, 1.807) is 0 Å². The lowest BCUT2D eigenvalue weighted by atomic mass is 9.80. The quantitative estimate of drug-likeness (QED) is 0.614. The van der Waals surface area contributed by atoms with E-state index >= 15 is 0 Å². The van der Waals surface area contributed by atoms with Crippen molar-refractivity contribution in [2.45, 2.75) is 24.8 Å². The van der Waals surface area contributed by atoms with Crippen LogP contribution in [0.25, 0.3) is 0 Å². The molecule has 0 atom stereocenters. The molecule has 0 aromatic carbocycles. The lowest BCUT2D eigenvalue weighted by molar-refractivity contribution is 0.177. The molecule has 70 valence electrons. The van der Waals surface area contributed by atoms with Gasteiger partial charge in [-0.15, -0.1) is 10.2 Å². The van der Waals surface area contributed by atoms with Crippen molar-refractivity contribution in [1.82, 2.24) is 20.5 Å². The van der Waals surface area contributed by atoms with Gasteiger partial charge in [-0.2, -0.15) is 0 Å². The van der Waals surface area contributed by atoms with Crippen LogP contribution in [0, 0.1) is 0 Å². The summed E-state index contributed by atoms with van der Waals surface area (Å²) in [6.45, 7) is 0. The second kappa shape index (κ2) is 3.04. The highest BCUT2D eigenvalue weighted by molar-refractivity contribution is 5.65. The Balaban J connectivity index is 1.82. The van der Waals surface area contributed by atoms with E-state index in [0.717, 1.165) is 18.7 Å². The predicted molar refractivity (Wildman–Crippen MR) is 43.3 cm³/mol. The molecule has 0 unspecified atom stereocenters. The summed E-state index contributed by atoms with van der Waals surface area (Å²) in [5.41, 5.74) is 0. The Morgan fingerprint density at radius 2 is 2.46 bits per heavy atom. The fourth-order valence-electron chi connectivity index (χ4n) is 1.55. The van der Waals surface area contributed by atoms with Crippen LogP contribution in [-0.2, 0) is 0 Å². The van der Waals surface area contributed by atoms with Gasteiger partial charge in [-0.25, -0.2) is 4.79 Å². The third-order valence-electron chi connectivity index (χ3n) is 2.29. The molecule has 1 aromatic rings. The van der Waals surface area contributed by atoms with E-state index in [1.165, 1.54) is 6.33 Å². The maximum atomic E-state index is 10.2. The lowest BCUT2D eigenvalue weighted by Crippen LogP contribution is -2.42. The number of carbonyl (C=O) groups is 1. The van der Waals surface area contributed by atoms with Crippen LogP contribution in [0.2, 0.25) is 0 Å². The average molecular weight is 182 g/mol. The maximum absolute atomic E-state index is 10.2. The van der Waals surface area contributed by atoms with Gasteiger partial charge in [0, 0.05) is 12.0 Å². The zero-order valence-electron chi connectivity index (χ0n) is 6.90. The maximum Gasteiger partial charge on any atom is 0.404 e. The van der Waals surface area contributed by atoms with Crippen molar-refractivity contribution in [3.05, 3.63) is 12.2 Å². The van der Waals surface area contributed by atoms with Gasteiger partial charge in [-0.3, -0.25) is 0 Å². The normalized spacial score (nSPS) is 26.5. The molecular formula is C7H10N4O2. The SMILES string of the molecule is O=C(O)NC1CC(c2nnc[nH]2)C1. The van der Waals surface area contributed by atoms with E-state index in [1.807, 2.05) is 0 Å². The first kappa shape index (κ1) is 8.03. The molecule has 6 heteroatoms. The van der Waals surface area contributed by atoms with Crippen LogP contribution in [0.4, 0.5) is 4.79 Å². The third-order valence-corrected chi connectivity index (χ3v) is 2.29. The Bertz CT molecular complexity index is 291. The summed E-state index contributed by atoms with van der Waals surface area (Å²) in [4.78, 5) is 13.2. The Morgan fingerprint density at radius 3 is 3.00 bits per heavy atom. The van der Waals surface area contributed by atoms with Gasteiger partial charge < -0.3 is 15.4 Å². The van der Waals surface area contributed by atoms with Crippen LogP contribution in [0.15, 0.2) is 6.33 Å². The van der Waals surface area contributed by atoms with Crippen LogP contribution >= 0.6 is 0 Å². The molecule has 1 aliphatic rings. The average Bonchev–Trinajstić information content (AvgIpc) is 2.46. The van der Waals surface area contributed by atoms with Crippen LogP contribution < -0.4 is 5.32 Å². The third kappa shape index (κ3) is 1.61. The fourth-order valence-corrected chi connectivity index (χ4v) is 1.55. The largest absolute Gasteiger partial charge is 0.465 e. The van der Waals surface area contributed by atoms with Crippen LogP contribution in [0.3, 0.4) is 0 Å². The summed E-state index contributed by atoms with van der Waals surface area (Å²) >= 11 is 0. The molecule has 0 saturated heterocycles. The Labute approximate surface area is 74.4 Å². The van der Waals surface area contributed by atoms with Crippen LogP contribution in [0.1, 0.15) is 24.6 Å². The molecule has 0 bridgehead atoms. The molecule has 1 aliphatic carbocycles.